The maximum absolute atomic E-state index is 12.4. The number of hydrogen-bond donors (Lipinski definition) is 1. The molecule has 0 radical (unpaired) electrons. The molecule has 0 saturated carbocycles. The number of likely N-dealkylation sites (tertiary alicyclic amines) is 1. The van der Waals surface area contributed by atoms with Gasteiger partial charge in [0.2, 0.25) is 0 Å². The zero-order valence-corrected chi connectivity index (χ0v) is 18.4. The molecule has 0 aliphatic carbocycles. The second kappa shape index (κ2) is 7.79. The van der Waals surface area contributed by atoms with Crippen LogP contribution in [-0.2, 0) is 11.3 Å². The quantitative estimate of drug-likeness (QED) is 0.384. The summed E-state index contributed by atoms with van der Waals surface area (Å²) in [7, 11) is -1.05. The number of β-lactam (4-membered cyclic amide) rings is 1. The Kier molecular flexibility index (Phi) is 6.47. The molecule has 1 aromatic heterocycles. The Labute approximate surface area is 154 Å². The second-order valence-corrected chi connectivity index (χ2v) is 16.2. The van der Waals surface area contributed by atoms with E-state index in [0.717, 1.165) is 10.2 Å². The van der Waals surface area contributed by atoms with Gasteiger partial charge in [-0.2, -0.15) is 0 Å². The molecule has 0 spiro atoms. The molecule has 1 aliphatic rings. The molecule has 1 saturated heterocycles. The summed E-state index contributed by atoms with van der Waals surface area (Å²) < 4.78 is 0.793. The Morgan fingerprint density at radius 2 is 2.17 bits per heavy atom. The van der Waals surface area contributed by atoms with Gasteiger partial charge >= 0.3 is 155 Å². The zero-order valence-electron chi connectivity index (χ0n) is 14.1. The molecule has 1 fully saturated rings. The number of carbonyl (C=O) groups excluding carboxylic acids is 1. The van der Waals surface area contributed by atoms with Crippen molar-refractivity contribution in [2.75, 3.05) is 0 Å². The summed E-state index contributed by atoms with van der Waals surface area (Å²) in [5, 5.41) is 11.1. The first-order chi connectivity index (χ1) is 10.7. The molecule has 23 heavy (non-hydrogen) atoms. The van der Waals surface area contributed by atoms with Crippen molar-refractivity contribution in [3.05, 3.63) is 28.5 Å². The van der Waals surface area contributed by atoms with Crippen LogP contribution >= 0.6 is 15.9 Å². The van der Waals surface area contributed by atoms with E-state index in [9.17, 15) is 9.90 Å². The van der Waals surface area contributed by atoms with Crippen LogP contribution in [0.2, 0.25) is 31.0 Å². The summed E-state index contributed by atoms with van der Waals surface area (Å²) in [6.07, 6.45) is 1.18. The number of aliphatic hydroxyl groups excluding tert-OH is 1. The average molecular weight is 464 g/mol. The predicted molar refractivity (Wildman–Crippen MR) is 100 cm³/mol. The standard InChI is InChI=1S/C16H25BrN2O2SeSi/c1-11(20)13-15(21)19(10-12-6-5-7-18-14(12)17)16(13)22-8-9-23(2,3)4/h5-7,11,13,16,20H,8-10H2,1-4H3/t11-,13+,16-/m1/s1. The third kappa shape index (κ3) is 4.89. The van der Waals surface area contributed by atoms with Gasteiger partial charge in [-0.25, -0.2) is 0 Å². The number of nitrogens with zero attached hydrogens (tertiary/aromatic N) is 2. The van der Waals surface area contributed by atoms with Crippen molar-refractivity contribution in [1.82, 2.24) is 9.88 Å². The fraction of sp³-hybridized carbons (Fsp3) is 0.625. The van der Waals surface area contributed by atoms with Crippen LogP contribution in [-0.4, -0.2) is 55.0 Å². The van der Waals surface area contributed by atoms with E-state index in [0.29, 0.717) is 21.5 Å². The van der Waals surface area contributed by atoms with Crippen LogP contribution in [0.4, 0.5) is 0 Å². The first-order valence-corrected chi connectivity index (χ1v) is 14.6. The van der Waals surface area contributed by atoms with Gasteiger partial charge in [-0.15, -0.1) is 0 Å². The summed E-state index contributed by atoms with van der Waals surface area (Å²) in [6, 6.07) is 5.17. The van der Waals surface area contributed by atoms with Crippen molar-refractivity contribution >= 4 is 44.9 Å². The van der Waals surface area contributed by atoms with Gasteiger partial charge in [-0.3, -0.25) is 0 Å². The van der Waals surface area contributed by atoms with Gasteiger partial charge in [0, 0.05) is 0 Å². The molecule has 1 aliphatic heterocycles. The summed E-state index contributed by atoms with van der Waals surface area (Å²) >= 11 is 3.80. The van der Waals surface area contributed by atoms with Crippen LogP contribution < -0.4 is 0 Å². The van der Waals surface area contributed by atoms with E-state index in [-0.39, 0.29) is 16.8 Å². The monoisotopic (exact) mass is 464 g/mol. The van der Waals surface area contributed by atoms with Crippen molar-refractivity contribution in [3.8, 4) is 0 Å². The maximum atomic E-state index is 12.4. The number of pyridine rings is 1. The molecule has 4 nitrogen and oxygen atoms in total. The van der Waals surface area contributed by atoms with Crippen molar-refractivity contribution in [2.45, 2.75) is 55.5 Å². The van der Waals surface area contributed by atoms with E-state index in [1.807, 2.05) is 17.0 Å². The van der Waals surface area contributed by atoms with Gasteiger partial charge in [0.15, 0.2) is 0 Å². The van der Waals surface area contributed by atoms with E-state index in [2.05, 4.69) is 40.6 Å². The van der Waals surface area contributed by atoms with Gasteiger partial charge in [-0.05, 0) is 0 Å². The first-order valence-electron chi connectivity index (χ1n) is 7.90. The summed E-state index contributed by atoms with van der Waals surface area (Å²) in [6.45, 7) is 9.46. The predicted octanol–water partition coefficient (Wildman–Crippen LogP) is 2.97. The van der Waals surface area contributed by atoms with Crippen LogP contribution in [0.5, 0.6) is 0 Å². The molecule has 2 heterocycles. The van der Waals surface area contributed by atoms with E-state index >= 15 is 0 Å². The number of rotatable bonds is 7. The number of carbonyl (C=O) groups is 1. The van der Waals surface area contributed by atoms with Gasteiger partial charge in [-0.1, -0.05) is 0 Å². The average Bonchev–Trinajstić information content (AvgIpc) is 2.43. The van der Waals surface area contributed by atoms with Gasteiger partial charge in [0.25, 0.3) is 0 Å². The minimum absolute atomic E-state index is 0.0793. The third-order valence-electron chi connectivity index (χ3n) is 4.02. The number of halogens is 1. The fourth-order valence-electron chi connectivity index (χ4n) is 2.56. The molecule has 128 valence electrons. The van der Waals surface area contributed by atoms with Crippen molar-refractivity contribution in [2.24, 2.45) is 5.92 Å². The number of aromatic nitrogens is 1. The van der Waals surface area contributed by atoms with Gasteiger partial charge in [0.1, 0.15) is 0 Å². The van der Waals surface area contributed by atoms with Crippen LogP contribution in [0.1, 0.15) is 12.5 Å². The Hall–Kier alpha value is -0.204. The normalized spacial score (nSPS) is 22.9. The molecular weight excluding hydrogens is 439 g/mol. The van der Waals surface area contributed by atoms with Crippen molar-refractivity contribution in [3.63, 3.8) is 0 Å². The van der Waals surface area contributed by atoms with Crippen molar-refractivity contribution < 1.29 is 9.90 Å². The van der Waals surface area contributed by atoms with Gasteiger partial charge in [0.05, 0.1) is 0 Å². The number of aliphatic hydroxyl groups is 1. The molecule has 7 heteroatoms. The van der Waals surface area contributed by atoms with E-state index in [1.54, 1.807) is 13.1 Å². The van der Waals surface area contributed by atoms with E-state index < -0.39 is 14.2 Å². The Morgan fingerprint density at radius 1 is 1.48 bits per heavy atom. The topological polar surface area (TPSA) is 53.4 Å². The van der Waals surface area contributed by atoms with Crippen LogP contribution in [0.15, 0.2) is 22.9 Å². The Bertz CT molecular complexity index is 565. The third-order valence-corrected chi connectivity index (χ3v) is 10.1. The summed E-state index contributed by atoms with van der Waals surface area (Å²) in [4.78, 5) is 18.8. The van der Waals surface area contributed by atoms with E-state index in [1.165, 1.54) is 11.4 Å². The fourth-order valence-corrected chi connectivity index (χ4v) is 10.7. The molecule has 0 bridgehead atoms. The second-order valence-electron chi connectivity index (χ2n) is 7.26. The van der Waals surface area contributed by atoms with E-state index in [4.69, 9.17) is 0 Å². The van der Waals surface area contributed by atoms with Crippen LogP contribution in [0, 0.1) is 5.92 Å². The molecule has 1 N–H and O–H groups in total. The zero-order chi connectivity index (χ0) is 17.2. The Morgan fingerprint density at radius 3 is 2.74 bits per heavy atom. The van der Waals surface area contributed by atoms with Crippen LogP contribution in [0.25, 0.3) is 0 Å². The molecule has 0 unspecified atom stereocenters. The number of amides is 1. The Balaban J connectivity index is 2.04. The minimum atomic E-state index is -1.05. The molecule has 2 rings (SSSR count). The molecule has 1 aromatic rings. The van der Waals surface area contributed by atoms with Crippen molar-refractivity contribution in [1.29, 1.82) is 0 Å². The number of hydrogen-bond acceptors (Lipinski definition) is 3. The summed E-state index contributed by atoms with van der Waals surface area (Å²) in [5.41, 5.74) is 1.02. The van der Waals surface area contributed by atoms with Crippen LogP contribution in [0.3, 0.4) is 0 Å². The molecular formula is C16H25BrN2O2SeSi. The molecule has 0 aromatic carbocycles. The molecule has 1 amide bonds. The van der Waals surface area contributed by atoms with Gasteiger partial charge < -0.3 is 0 Å². The SMILES string of the molecule is C[C@@H](O)[C@H]1C(=O)N(Cc2cccnc2Br)[C@@H]1[Se]CC[Si](C)(C)C. The first kappa shape index (κ1) is 19.1. The summed E-state index contributed by atoms with van der Waals surface area (Å²) in [5.74, 6) is -0.136. The molecule has 3 atom stereocenters.